The van der Waals surface area contributed by atoms with Crippen LogP contribution in [-0.4, -0.2) is 53.8 Å². The molecule has 0 bridgehead atoms. The van der Waals surface area contributed by atoms with Crippen LogP contribution in [0.3, 0.4) is 0 Å². The molecule has 2 aromatic carbocycles. The molecule has 0 unspecified atom stereocenters. The largest absolute Gasteiger partial charge is 0.336 e. The molecule has 0 aliphatic carbocycles. The van der Waals surface area contributed by atoms with Crippen LogP contribution >= 0.6 is 0 Å². The smallest absolute Gasteiger partial charge is 0.253 e. The van der Waals surface area contributed by atoms with Gasteiger partial charge in [-0.3, -0.25) is 14.5 Å². The highest BCUT2D eigenvalue weighted by Crippen LogP contribution is 2.13. The minimum Gasteiger partial charge on any atom is -0.336 e. The predicted molar refractivity (Wildman–Crippen MR) is 98.4 cm³/mol. The Morgan fingerprint density at radius 2 is 1.58 bits per heavy atom. The Hall–Kier alpha value is -2.73. The molecule has 0 radical (unpaired) electrons. The number of hydrogen-bond acceptors (Lipinski definition) is 3. The van der Waals surface area contributed by atoms with E-state index in [2.05, 4.69) is 5.32 Å². The van der Waals surface area contributed by atoms with Crippen LogP contribution in [0, 0.1) is 5.82 Å². The molecule has 0 saturated carbocycles. The molecule has 6 heteroatoms. The lowest BCUT2D eigenvalue weighted by Crippen LogP contribution is -2.54. The molecule has 2 amide bonds. The van der Waals surface area contributed by atoms with Crippen molar-refractivity contribution < 1.29 is 14.0 Å². The van der Waals surface area contributed by atoms with Gasteiger partial charge >= 0.3 is 0 Å². The van der Waals surface area contributed by atoms with Crippen LogP contribution in [0.1, 0.15) is 17.3 Å². The lowest BCUT2D eigenvalue weighted by molar-refractivity contribution is -0.121. The van der Waals surface area contributed by atoms with Gasteiger partial charge in [-0.25, -0.2) is 4.39 Å². The zero-order valence-corrected chi connectivity index (χ0v) is 14.7. The summed E-state index contributed by atoms with van der Waals surface area (Å²) in [7, 11) is 0. The second-order valence-corrected chi connectivity index (χ2v) is 6.37. The third kappa shape index (κ3) is 4.26. The molecule has 1 N–H and O–H groups in total. The maximum Gasteiger partial charge on any atom is 0.253 e. The van der Waals surface area contributed by atoms with Crippen LogP contribution in [0.5, 0.6) is 0 Å². The molecule has 1 saturated heterocycles. The molecule has 0 spiro atoms. The van der Waals surface area contributed by atoms with E-state index in [1.54, 1.807) is 0 Å². The second-order valence-electron chi connectivity index (χ2n) is 6.37. The van der Waals surface area contributed by atoms with Crippen molar-refractivity contribution in [3.8, 4) is 0 Å². The third-order valence-corrected chi connectivity index (χ3v) is 4.66. The van der Waals surface area contributed by atoms with E-state index >= 15 is 0 Å². The van der Waals surface area contributed by atoms with Gasteiger partial charge in [-0.05, 0) is 43.3 Å². The normalized spacial score (nSPS) is 16.2. The summed E-state index contributed by atoms with van der Waals surface area (Å²) in [5, 5.41) is 2.80. The third-order valence-electron chi connectivity index (χ3n) is 4.66. The fraction of sp³-hybridized carbons (Fsp3) is 0.300. The summed E-state index contributed by atoms with van der Waals surface area (Å²) in [6.45, 7) is 4.28. The van der Waals surface area contributed by atoms with Gasteiger partial charge in [0.05, 0.1) is 6.04 Å². The van der Waals surface area contributed by atoms with Gasteiger partial charge in [0.15, 0.2) is 0 Å². The Labute approximate surface area is 152 Å². The van der Waals surface area contributed by atoms with Crippen molar-refractivity contribution in [1.29, 1.82) is 0 Å². The standard InChI is InChI=1S/C20H22FN3O2/c1-15(19(25)22-18-9-7-17(21)8-10-18)23-11-13-24(14-12-23)20(26)16-5-3-2-4-6-16/h2-10,15H,11-14H2,1H3,(H,22,25)/t15-/m1/s1. The van der Waals surface area contributed by atoms with Crippen molar-refractivity contribution in [3.05, 3.63) is 66.0 Å². The molecule has 136 valence electrons. The summed E-state index contributed by atoms with van der Waals surface area (Å²) in [6.07, 6.45) is 0. The summed E-state index contributed by atoms with van der Waals surface area (Å²) < 4.78 is 12.9. The van der Waals surface area contributed by atoms with Crippen molar-refractivity contribution in [2.24, 2.45) is 0 Å². The Morgan fingerprint density at radius 1 is 0.962 bits per heavy atom. The van der Waals surface area contributed by atoms with Crippen molar-refractivity contribution >= 4 is 17.5 Å². The van der Waals surface area contributed by atoms with Crippen LogP contribution in [-0.2, 0) is 4.79 Å². The number of anilines is 1. The van der Waals surface area contributed by atoms with Gasteiger partial charge in [-0.15, -0.1) is 0 Å². The molecule has 3 rings (SSSR count). The summed E-state index contributed by atoms with van der Waals surface area (Å²) in [6, 6.07) is 14.6. The number of benzene rings is 2. The molecule has 1 heterocycles. The molecule has 1 aliphatic heterocycles. The second kappa shape index (κ2) is 8.10. The highest BCUT2D eigenvalue weighted by Gasteiger charge is 2.27. The number of rotatable bonds is 4. The summed E-state index contributed by atoms with van der Waals surface area (Å²) in [4.78, 5) is 28.7. The van der Waals surface area contributed by atoms with Gasteiger partial charge in [0, 0.05) is 37.4 Å². The summed E-state index contributed by atoms with van der Waals surface area (Å²) >= 11 is 0. The number of carbonyl (C=O) groups excluding carboxylic acids is 2. The zero-order valence-electron chi connectivity index (χ0n) is 14.7. The summed E-state index contributed by atoms with van der Waals surface area (Å²) in [5.74, 6) is -0.455. The molecule has 0 aromatic heterocycles. The molecular weight excluding hydrogens is 333 g/mol. The molecule has 1 fully saturated rings. The van der Waals surface area contributed by atoms with Gasteiger partial charge in [-0.2, -0.15) is 0 Å². The zero-order chi connectivity index (χ0) is 18.5. The SMILES string of the molecule is C[C@H](C(=O)Nc1ccc(F)cc1)N1CCN(C(=O)c2ccccc2)CC1. The van der Waals surface area contributed by atoms with E-state index in [9.17, 15) is 14.0 Å². The van der Waals surface area contributed by atoms with Crippen molar-refractivity contribution in [2.75, 3.05) is 31.5 Å². The maximum atomic E-state index is 12.9. The first kappa shape index (κ1) is 18.1. The van der Waals surface area contributed by atoms with E-state index < -0.39 is 0 Å². The summed E-state index contributed by atoms with van der Waals surface area (Å²) in [5.41, 5.74) is 1.25. The average Bonchev–Trinajstić information content (AvgIpc) is 2.69. The Balaban J connectivity index is 1.53. The molecule has 26 heavy (non-hydrogen) atoms. The van der Waals surface area contributed by atoms with E-state index in [4.69, 9.17) is 0 Å². The first-order chi connectivity index (χ1) is 12.5. The highest BCUT2D eigenvalue weighted by atomic mass is 19.1. The lowest BCUT2D eigenvalue weighted by atomic mass is 10.1. The van der Waals surface area contributed by atoms with Gasteiger partial charge in [-0.1, -0.05) is 18.2 Å². The number of hydrogen-bond donors (Lipinski definition) is 1. The number of halogens is 1. The maximum absolute atomic E-state index is 12.9. The number of carbonyl (C=O) groups is 2. The molecule has 1 atom stereocenters. The number of nitrogens with one attached hydrogen (secondary N) is 1. The van der Waals surface area contributed by atoms with Crippen LogP contribution in [0.15, 0.2) is 54.6 Å². The van der Waals surface area contributed by atoms with Crippen LogP contribution in [0.2, 0.25) is 0 Å². The quantitative estimate of drug-likeness (QED) is 0.917. The van der Waals surface area contributed by atoms with Gasteiger partial charge < -0.3 is 10.2 Å². The fourth-order valence-electron chi connectivity index (χ4n) is 3.02. The van der Waals surface area contributed by atoms with Crippen LogP contribution in [0.4, 0.5) is 10.1 Å². The van der Waals surface area contributed by atoms with E-state index in [-0.39, 0.29) is 23.7 Å². The number of piperazine rings is 1. The number of amides is 2. The highest BCUT2D eigenvalue weighted by molar-refractivity contribution is 5.95. The Bertz CT molecular complexity index is 756. The van der Waals surface area contributed by atoms with Gasteiger partial charge in [0.2, 0.25) is 5.91 Å². The minimum absolute atomic E-state index is 0.0219. The number of nitrogens with zero attached hydrogens (tertiary/aromatic N) is 2. The van der Waals surface area contributed by atoms with Crippen molar-refractivity contribution in [2.45, 2.75) is 13.0 Å². The van der Waals surface area contributed by atoms with Crippen molar-refractivity contribution in [1.82, 2.24) is 9.80 Å². The van der Waals surface area contributed by atoms with E-state index in [0.717, 1.165) is 0 Å². The van der Waals surface area contributed by atoms with E-state index in [1.807, 2.05) is 47.1 Å². The monoisotopic (exact) mass is 355 g/mol. The minimum atomic E-state index is -0.338. The van der Waals surface area contributed by atoms with Gasteiger partial charge in [0.25, 0.3) is 5.91 Å². The molecule has 5 nitrogen and oxygen atoms in total. The first-order valence-electron chi connectivity index (χ1n) is 8.69. The first-order valence-corrected chi connectivity index (χ1v) is 8.69. The van der Waals surface area contributed by atoms with E-state index in [0.29, 0.717) is 37.4 Å². The Kier molecular flexibility index (Phi) is 5.63. The van der Waals surface area contributed by atoms with Crippen LogP contribution < -0.4 is 5.32 Å². The topological polar surface area (TPSA) is 52.7 Å². The van der Waals surface area contributed by atoms with Crippen LogP contribution in [0.25, 0.3) is 0 Å². The van der Waals surface area contributed by atoms with E-state index in [1.165, 1.54) is 24.3 Å². The molecule has 2 aromatic rings. The Morgan fingerprint density at radius 3 is 2.19 bits per heavy atom. The van der Waals surface area contributed by atoms with Crippen molar-refractivity contribution in [3.63, 3.8) is 0 Å². The molecule has 1 aliphatic rings. The lowest BCUT2D eigenvalue weighted by Gasteiger charge is -2.37. The predicted octanol–water partition coefficient (Wildman–Crippen LogP) is 2.61. The average molecular weight is 355 g/mol. The molecular formula is C20H22FN3O2. The van der Waals surface area contributed by atoms with Gasteiger partial charge in [0.1, 0.15) is 5.82 Å². The fourth-order valence-corrected chi connectivity index (χ4v) is 3.02.